The van der Waals surface area contributed by atoms with Crippen LogP contribution in [0.5, 0.6) is 0 Å². The molecule has 0 amide bonds. The van der Waals surface area contributed by atoms with Gasteiger partial charge >= 0.3 is 0 Å². The Labute approximate surface area is 128 Å². The van der Waals surface area contributed by atoms with E-state index in [1.807, 2.05) is 6.07 Å². The molecule has 2 aromatic rings. The van der Waals surface area contributed by atoms with Crippen molar-refractivity contribution in [2.24, 2.45) is 0 Å². The van der Waals surface area contributed by atoms with Crippen LogP contribution in [-0.4, -0.2) is 8.42 Å². The molecule has 0 spiro atoms. The molecule has 2 N–H and O–H groups in total. The molecule has 0 bridgehead atoms. The Morgan fingerprint density at radius 3 is 2.23 bits per heavy atom. The van der Waals surface area contributed by atoms with Crippen LogP contribution in [0.1, 0.15) is 16.7 Å². The first kappa shape index (κ1) is 16.5. The molecule has 0 saturated heterocycles. The highest BCUT2D eigenvalue weighted by Crippen LogP contribution is 2.15. The number of hydrogen-bond donors (Lipinski definition) is 2. The van der Waals surface area contributed by atoms with Gasteiger partial charge < -0.3 is 0 Å². The van der Waals surface area contributed by atoms with Crippen LogP contribution in [0, 0.1) is 18.6 Å². The third-order valence-corrected chi connectivity index (χ3v) is 4.17. The fraction of sp³-hybridized carbons (Fsp3) is 0.200. The molecular formula is C15H16F2N2O2S. The number of aryl methyl sites for hydroxylation is 1. The summed E-state index contributed by atoms with van der Waals surface area (Å²) in [6.07, 6.45) is 0. The maximum Gasteiger partial charge on any atom is 0.277 e. The lowest BCUT2D eigenvalue weighted by Crippen LogP contribution is -2.35. The molecule has 22 heavy (non-hydrogen) atoms. The van der Waals surface area contributed by atoms with Gasteiger partial charge in [-0.05, 0) is 18.1 Å². The zero-order valence-electron chi connectivity index (χ0n) is 11.9. The summed E-state index contributed by atoms with van der Waals surface area (Å²) in [6.45, 7) is 1.22. The van der Waals surface area contributed by atoms with Crippen LogP contribution in [0.2, 0.25) is 0 Å². The van der Waals surface area contributed by atoms with Crippen LogP contribution < -0.4 is 9.44 Å². The van der Waals surface area contributed by atoms with Gasteiger partial charge in [0, 0.05) is 18.7 Å². The van der Waals surface area contributed by atoms with Crippen LogP contribution in [0.3, 0.4) is 0 Å². The van der Waals surface area contributed by atoms with Crippen molar-refractivity contribution in [2.45, 2.75) is 20.0 Å². The summed E-state index contributed by atoms with van der Waals surface area (Å²) in [7, 11) is -3.81. The number of benzene rings is 2. The largest absolute Gasteiger partial charge is 0.277 e. The Bertz CT molecular complexity index is 750. The van der Waals surface area contributed by atoms with E-state index >= 15 is 0 Å². The normalized spacial score (nSPS) is 11.6. The van der Waals surface area contributed by atoms with E-state index in [0.717, 1.165) is 5.56 Å². The summed E-state index contributed by atoms with van der Waals surface area (Å²) in [5.41, 5.74) is 0.917. The van der Waals surface area contributed by atoms with Crippen molar-refractivity contribution in [1.82, 2.24) is 9.44 Å². The first-order valence-electron chi connectivity index (χ1n) is 6.61. The van der Waals surface area contributed by atoms with Crippen molar-refractivity contribution in [1.29, 1.82) is 0 Å². The fourth-order valence-electron chi connectivity index (χ4n) is 1.82. The second-order valence-electron chi connectivity index (χ2n) is 4.80. The Kier molecular flexibility index (Phi) is 5.23. The van der Waals surface area contributed by atoms with Crippen LogP contribution in [0.15, 0.2) is 42.5 Å². The minimum atomic E-state index is -3.81. The molecule has 0 atom stereocenters. The SMILES string of the molecule is Cc1ccc(CNS(=O)(=O)NCc2ccccc2)c(F)c1F. The van der Waals surface area contributed by atoms with E-state index in [4.69, 9.17) is 0 Å². The van der Waals surface area contributed by atoms with Gasteiger partial charge in [-0.2, -0.15) is 17.9 Å². The standard InChI is InChI=1S/C15H16F2N2O2S/c1-11-7-8-13(15(17)14(11)16)10-19-22(20,21)18-9-12-5-3-2-4-6-12/h2-8,18-19H,9-10H2,1H3. The quantitative estimate of drug-likeness (QED) is 0.856. The van der Waals surface area contributed by atoms with Gasteiger partial charge in [0.15, 0.2) is 11.6 Å². The minimum Gasteiger partial charge on any atom is -0.203 e. The highest BCUT2D eigenvalue weighted by Gasteiger charge is 2.14. The maximum atomic E-state index is 13.7. The smallest absolute Gasteiger partial charge is 0.203 e. The van der Waals surface area contributed by atoms with Gasteiger partial charge in [-0.1, -0.05) is 42.5 Å². The van der Waals surface area contributed by atoms with Crippen molar-refractivity contribution in [3.05, 3.63) is 70.8 Å². The van der Waals surface area contributed by atoms with Gasteiger partial charge in [-0.25, -0.2) is 8.78 Å². The molecule has 0 heterocycles. The van der Waals surface area contributed by atoms with Gasteiger partial charge in [-0.3, -0.25) is 0 Å². The predicted octanol–water partition coefficient (Wildman–Crippen LogP) is 2.40. The molecule has 0 aliphatic rings. The lowest BCUT2D eigenvalue weighted by atomic mass is 10.1. The molecule has 2 aromatic carbocycles. The van der Waals surface area contributed by atoms with Crippen LogP contribution in [0.25, 0.3) is 0 Å². The van der Waals surface area contributed by atoms with E-state index in [9.17, 15) is 17.2 Å². The predicted molar refractivity (Wildman–Crippen MR) is 80.1 cm³/mol. The molecule has 2 rings (SSSR count). The van der Waals surface area contributed by atoms with E-state index in [2.05, 4.69) is 9.44 Å². The van der Waals surface area contributed by atoms with Crippen molar-refractivity contribution < 1.29 is 17.2 Å². The fourth-order valence-corrected chi connectivity index (χ4v) is 2.62. The number of nitrogens with one attached hydrogen (secondary N) is 2. The summed E-state index contributed by atoms with van der Waals surface area (Å²) < 4.78 is 55.2. The number of rotatable bonds is 6. The monoisotopic (exact) mass is 326 g/mol. The second kappa shape index (κ2) is 6.95. The second-order valence-corrected chi connectivity index (χ2v) is 6.39. The maximum absolute atomic E-state index is 13.7. The van der Waals surface area contributed by atoms with E-state index in [1.165, 1.54) is 19.1 Å². The van der Waals surface area contributed by atoms with E-state index in [-0.39, 0.29) is 24.2 Å². The highest BCUT2D eigenvalue weighted by atomic mass is 32.2. The zero-order valence-corrected chi connectivity index (χ0v) is 12.8. The van der Waals surface area contributed by atoms with E-state index in [1.54, 1.807) is 24.3 Å². The molecule has 0 radical (unpaired) electrons. The molecule has 7 heteroatoms. The molecule has 0 aliphatic heterocycles. The first-order valence-corrected chi connectivity index (χ1v) is 8.09. The first-order chi connectivity index (χ1) is 10.4. The van der Waals surface area contributed by atoms with Crippen molar-refractivity contribution in [2.75, 3.05) is 0 Å². The molecule has 0 aromatic heterocycles. The summed E-state index contributed by atoms with van der Waals surface area (Å²) in [5.74, 6) is -2.00. The zero-order chi connectivity index (χ0) is 16.2. The van der Waals surface area contributed by atoms with Gasteiger partial charge in [0.2, 0.25) is 0 Å². The summed E-state index contributed by atoms with van der Waals surface area (Å²) >= 11 is 0. The number of hydrogen-bond acceptors (Lipinski definition) is 2. The van der Waals surface area contributed by atoms with Gasteiger partial charge in [-0.15, -0.1) is 0 Å². The Morgan fingerprint density at radius 1 is 0.909 bits per heavy atom. The average Bonchev–Trinajstić information content (AvgIpc) is 2.51. The lowest BCUT2D eigenvalue weighted by Gasteiger charge is -2.10. The van der Waals surface area contributed by atoms with Crippen LogP contribution in [-0.2, 0) is 23.3 Å². The molecule has 118 valence electrons. The molecule has 0 aliphatic carbocycles. The average molecular weight is 326 g/mol. The third kappa shape index (κ3) is 4.33. The van der Waals surface area contributed by atoms with Gasteiger partial charge in [0.05, 0.1) is 0 Å². The molecule has 4 nitrogen and oxygen atoms in total. The Morgan fingerprint density at radius 2 is 1.55 bits per heavy atom. The Hall–Kier alpha value is -1.83. The van der Waals surface area contributed by atoms with Crippen LogP contribution in [0.4, 0.5) is 8.78 Å². The van der Waals surface area contributed by atoms with E-state index < -0.39 is 21.8 Å². The topological polar surface area (TPSA) is 58.2 Å². The number of halogens is 2. The van der Waals surface area contributed by atoms with Crippen molar-refractivity contribution >= 4 is 10.2 Å². The molecule has 0 fully saturated rings. The summed E-state index contributed by atoms with van der Waals surface area (Å²) in [5, 5.41) is 0. The minimum absolute atomic E-state index is 0.0480. The summed E-state index contributed by atoms with van der Waals surface area (Å²) in [4.78, 5) is 0. The van der Waals surface area contributed by atoms with Gasteiger partial charge in [0.25, 0.3) is 10.2 Å². The Balaban J connectivity index is 1.97. The van der Waals surface area contributed by atoms with Crippen molar-refractivity contribution in [3.8, 4) is 0 Å². The molecular weight excluding hydrogens is 310 g/mol. The molecule has 0 saturated carbocycles. The highest BCUT2D eigenvalue weighted by molar-refractivity contribution is 7.87. The van der Waals surface area contributed by atoms with Crippen LogP contribution >= 0.6 is 0 Å². The van der Waals surface area contributed by atoms with E-state index in [0.29, 0.717) is 0 Å². The van der Waals surface area contributed by atoms with Crippen molar-refractivity contribution in [3.63, 3.8) is 0 Å². The lowest BCUT2D eigenvalue weighted by molar-refractivity contribution is 0.491. The molecule has 0 unspecified atom stereocenters. The summed E-state index contributed by atoms with van der Waals surface area (Å²) in [6, 6.07) is 11.7. The van der Waals surface area contributed by atoms with Gasteiger partial charge in [0.1, 0.15) is 0 Å². The third-order valence-electron chi connectivity index (χ3n) is 3.12.